The maximum Gasteiger partial charge on any atom is 0.241 e. The summed E-state index contributed by atoms with van der Waals surface area (Å²) in [5, 5.41) is 2.69. The third-order valence-electron chi connectivity index (χ3n) is 3.57. The van der Waals surface area contributed by atoms with Crippen LogP contribution in [0, 0.1) is 0 Å². The highest BCUT2D eigenvalue weighted by molar-refractivity contribution is 7.89. The third-order valence-corrected chi connectivity index (χ3v) is 5.15. The normalized spacial score (nSPS) is 20.1. The van der Waals surface area contributed by atoms with Gasteiger partial charge in [-0.05, 0) is 23.5 Å². The van der Waals surface area contributed by atoms with Crippen molar-refractivity contribution in [3.8, 4) is 0 Å². The topological polar surface area (TPSA) is 75.3 Å². The standard InChI is InChI=1S/C15H22N2O3S/c1-15(2,3)12-6-4-5-7-13(12)21(19,20)17-11-8-9-14(18)16-10-11/h4-7,11,17H,8-10H2,1-3H3,(H,16,18)/t11-/m1/s1. The number of benzene rings is 1. The Morgan fingerprint density at radius 1 is 1.24 bits per heavy atom. The number of nitrogens with one attached hydrogen (secondary N) is 2. The van der Waals surface area contributed by atoms with Crippen LogP contribution in [-0.2, 0) is 20.2 Å². The first-order valence-electron chi connectivity index (χ1n) is 7.09. The van der Waals surface area contributed by atoms with E-state index in [9.17, 15) is 13.2 Å². The third kappa shape index (κ3) is 3.83. The van der Waals surface area contributed by atoms with Crippen LogP contribution in [0.4, 0.5) is 0 Å². The Morgan fingerprint density at radius 2 is 1.90 bits per heavy atom. The van der Waals surface area contributed by atoms with Crippen molar-refractivity contribution in [2.45, 2.75) is 50.0 Å². The molecule has 0 unspecified atom stereocenters. The van der Waals surface area contributed by atoms with Crippen molar-refractivity contribution in [3.63, 3.8) is 0 Å². The Balaban J connectivity index is 2.26. The number of rotatable bonds is 3. The van der Waals surface area contributed by atoms with Gasteiger partial charge < -0.3 is 5.32 Å². The number of hydrogen-bond donors (Lipinski definition) is 2. The molecule has 0 aliphatic carbocycles. The lowest BCUT2D eigenvalue weighted by atomic mass is 9.87. The molecule has 0 saturated carbocycles. The van der Waals surface area contributed by atoms with E-state index in [1.165, 1.54) is 0 Å². The lowest BCUT2D eigenvalue weighted by Crippen LogP contribution is -2.47. The molecule has 1 amide bonds. The van der Waals surface area contributed by atoms with Crippen LogP contribution in [0.2, 0.25) is 0 Å². The first-order chi connectivity index (χ1) is 9.70. The highest BCUT2D eigenvalue weighted by Crippen LogP contribution is 2.28. The summed E-state index contributed by atoms with van der Waals surface area (Å²) < 4.78 is 28.0. The molecule has 21 heavy (non-hydrogen) atoms. The summed E-state index contributed by atoms with van der Waals surface area (Å²) in [6.07, 6.45) is 0.886. The van der Waals surface area contributed by atoms with Crippen LogP contribution in [0.1, 0.15) is 39.2 Å². The summed E-state index contributed by atoms with van der Waals surface area (Å²) >= 11 is 0. The van der Waals surface area contributed by atoms with Gasteiger partial charge in [0.2, 0.25) is 15.9 Å². The van der Waals surface area contributed by atoms with E-state index in [2.05, 4.69) is 10.0 Å². The van der Waals surface area contributed by atoms with E-state index in [0.717, 1.165) is 5.56 Å². The van der Waals surface area contributed by atoms with Crippen LogP contribution in [0.3, 0.4) is 0 Å². The van der Waals surface area contributed by atoms with Gasteiger partial charge in [-0.15, -0.1) is 0 Å². The van der Waals surface area contributed by atoms with Gasteiger partial charge in [-0.2, -0.15) is 0 Å². The van der Waals surface area contributed by atoms with Gasteiger partial charge >= 0.3 is 0 Å². The second-order valence-electron chi connectivity index (χ2n) is 6.41. The molecule has 2 N–H and O–H groups in total. The van der Waals surface area contributed by atoms with E-state index in [-0.39, 0.29) is 17.4 Å². The van der Waals surface area contributed by atoms with Gasteiger partial charge in [-0.3, -0.25) is 4.79 Å². The number of carbonyl (C=O) groups is 1. The van der Waals surface area contributed by atoms with Crippen molar-refractivity contribution in [1.82, 2.24) is 10.0 Å². The quantitative estimate of drug-likeness (QED) is 0.889. The maximum absolute atomic E-state index is 12.6. The van der Waals surface area contributed by atoms with E-state index in [1.54, 1.807) is 12.1 Å². The number of hydrogen-bond acceptors (Lipinski definition) is 3. The Morgan fingerprint density at radius 3 is 2.48 bits per heavy atom. The summed E-state index contributed by atoms with van der Waals surface area (Å²) in [7, 11) is -3.59. The second-order valence-corrected chi connectivity index (χ2v) is 8.09. The van der Waals surface area contributed by atoms with Crippen molar-refractivity contribution >= 4 is 15.9 Å². The SMILES string of the molecule is CC(C)(C)c1ccccc1S(=O)(=O)N[C@@H]1CCC(=O)NC1. The van der Waals surface area contributed by atoms with Gasteiger partial charge in [0.15, 0.2) is 0 Å². The fraction of sp³-hybridized carbons (Fsp3) is 0.533. The number of carbonyl (C=O) groups excluding carboxylic acids is 1. The van der Waals surface area contributed by atoms with Gasteiger partial charge in [0.25, 0.3) is 0 Å². The average molecular weight is 310 g/mol. The molecule has 5 nitrogen and oxygen atoms in total. The highest BCUT2D eigenvalue weighted by atomic mass is 32.2. The maximum atomic E-state index is 12.6. The Bertz CT molecular complexity index is 623. The molecule has 1 heterocycles. The lowest BCUT2D eigenvalue weighted by Gasteiger charge is -2.26. The largest absolute Gasteiger partial charge is 0.355 e. The molecule has 6 heteroatoms. The van der Waals surface area contributed by atoms with Crippen molar-refractivity contribution in [2.75, 3.05) is 6.54 Å². The molecule has 0 bridgehead atoms. The zero-order valence-electron chi connectivity index (χ0n) is 12.6. The molecule has 1 aliphatic heterocycles. The molecular weight excluding hydrogens is 288 g/mol. The summed E-state index contributed by atoms with van der Waals surface area (Å²) in [6.45, 7) is 6.31. The van der Waals surface area contributed by atoms with Crippen LogP contribution >= 0.6 is 0 Å². The van der Waals surface area contributed by atoms with Crippen molar-refractivity contribution in [1.29, 1.82) is 0 Å². The molecule has 1 aromatic rings. The van der Waals surface area contributed by atoms with Crippen LogP contribution < -0.4 is 10.0 Å². The predicted molar refractivity (Wildman–Crippen MR) is 81.5 cm³/mol. The van der Waals surface area contributed by atoms with Crippen molar-refractivity contribution in [3.05, 3.63) is 29.8 Å². The molecule has 0 radical (unpaired) electrons. The first kappa shape index (κ1) is 16.0. The summed E-state index contributed by atoms with van der Waals surface area (Å²) in [5.41, 5.74) is 0.531. The minimum Gasteiger partial charge on any atom is -0.355 e. The number of amides is 1. The summed E-state index contributed by atoms with van der Waals surface area (Å²) in [4.78, 5) is 11.5. The van der Waals surface area contributed by atoms with E-state index >= 15 is 0 Å². The number of sulfonamides is 1. The first-order valence-corrected chi connectivity index (χ1v) is 8.57. The minimum absolute atomic E-state index is 0.0273. The lowest BCUT2D eigenvalue weighted by molar-refractivity contribution is -0.122. The molecule has 116 valence electrons. The molecule has 1 atom stereocenters. The smallest absolute Gasteiger partial charge is 0.241 e. The molecule has 1 fully saturated rings. The molecule has 2 rings (SSSR count). The zero-order valence-corrected chi connectivity index (χ0v) is 13.5. The Kier molecular flexibility index (Phi) is 4.39. The van der Waals surface area contributed by atoms with Crippen LogP contribution in [0.15, 0.2) is 29.2 Å². The van der Waals surface area contributed by atoms with Crippen molar-refractivity contribution < 1.29 is 13.2 Å². The molecule has 0 aromatic heterocycles. The van der Waals surface area contributed by atoms with Crippen LogP contribution in [0.5, 0.6) is 0 Å². The Hall–Kier alpha value is -1.40. The molecule has 0 spiro atoms. The minimum atomic E-state index is -3.59. The molecule has 1 saturated heterocycles. The fourth-order valence-corrected chi connectivity index (χ4v) is 4.13. The summed E-state index contributed by atoms with van der Waals surface area (Å²) in [6, 6.07) is 6.80. The van der Waals surface area contributed by atoms with E-state index in [1.807, 2.05) is 32.9 Å². The second kappa shape index (κ2) is 5.77. The average Bonchev–Trinajstić information content (AvgIpc) is 2.40. The summed E-state index contributed by atoms with van der Waals surface area (Å²) in [5.74, 6) is -0.0273. The van der Waals surface area contributed by atoms with E-state index in [0.29, 0.717) is 24.3 Å². The zero-order chi connectivity index (χ0) is 15.7. The van der Waals surface area contributed by atoms with Gasteiger partial charge in [0.1, 0.15) is 0 Å². The predicted octanol–water partition coefficient (Wildman–Crippen LogP) is 1.54. The van der Waals surface area contributed by atoms with E-state index < -0.39 is 10.0 Å². The Labute approximate surface area is 126 Å². The monoisotopic (exact) mass is 310 g/mol. The van der Waals surface area contributed by atoms with Gasteiger partial charge in [-0.25, -0.2) is 13.1 Å². The highest BCUT2D eigenvalue weighted by Gasteiger charge is 2.28. The van der Waals surface area contributed by atoms with Crippen LogP contribution in [0.25, 0.3) is 0 Å². The molecule has 1 aromatic carbocycles. The molecular formula is C15H22N2O3S. The fourth-order valence-electron chi connectivity index (χ4n) is 2.44. The van der Waals surface area contributed by atoms with Gasteiger partial charge in [-0.1, -0.05) is 39.0 Å². The molecule has 1 aliphatic rings. The number of piperidine rings is 1. The van der Waals surface area contributed by atoms with Crippen molar-refractivity contribution in [2.24, 2.45) is 0 Å². The van der Waals surface area contributed by atoms with E-state index in [4.69, 9.17) is 0 Å². The van der Waals surface area contributed by atoms with Gasteiger partial charge in [0, 0.05) is 19.0 Å². The van der Waals surface area contributed by atoms with Gasteiger partial charge in [0.05, 0.1) is 4.90 Å². The van der Waals surface area contributed by atoms with Crippen LogP contribution in [-0.4, -0.2) is 26.9 Å².